The van der Waals surface area contributed by atoms with Crippen LogP contribution < -0.4 is 5.32 Å². The Balaban J connectivity index is 1.65. The third kappa shape index (κ3) is 3.37. The van der Waals surface area contributed by atoms with Crippen molar-refractivity contribution in [2.45, 2.75) is 38.3 Å². The molecule has 122 valence electrons. The maximum absolute atomic E-state index is 12.2. The van der Waals surface area contributed by atoms with Gasteiger partial charge in [-0.05, 0) is 13.5 Å². The SMILES string of the molecule is CC(C)c1noc([C@H]2C[C@H](NC(=O)c3cnccn3)CN2C)n1. The molecule has 0 saturated carbocycles. The van der Waals surface area contributed by atoms with Gasteiger partial charge in [-0.15, -0.1) is 0 Å². The number of carbonyl (C=O) groups is 1. The summed E-state index contributed by atoms with van der Waals surface area (Å²) in [7, 11) is 1.98. The molecule has 1 amide bonds. The van der Waals surface area contributed by atoms with Crippen LogP contribution in [0.5, 0.6) is 0 Å². The molecule has 3 rings (SSSR count). The van der Waals surface area contributed by atoms with E-state index in [1.165, 1.54) is 18.6 Å². The van der Waals surface area contributed by atoms with E-state index in [4.69, 9.17) is 4.52 Å². The van der Waals surface area contributed by atoms with E-state index in [1.807, 2.05) is 20.9 Å². The molecule has 0 aliphatic carbocycles. The van der Waals surface area contributed by atoms with Gasteiger partial charge in [-0.2, -0.15) is 4.98 Å². The number of likely N-dealkylation sites (tertiary alicyclic amines) is 1. The lowest BCUT2D eigenvalue weighted by Gasteiger charge is -2.14. The number of likely N-dealkylation sites (N-methyl/N-ethyl adjacent to an activating group) is 1. The molecule has 1 aliphatic heterocycles. The maximum Gasteiger partial charge on any atom is 0.271 e. The first-order valence-corrected chi connectivity index (χ1v) is 7.65. The highest BCUT2D eigenvalue weighted by atomic mass is 16.5. The van der Waals surface area contributed by atoms with Gasteiger partial charge in [0.05, 0.1) is 12.2 Å². The minimum Gasteiger partial charge on any atom is -0.347 e. The van der Waals surface area contributed by atoms with Gasteiger partial charge in [0.15, 0.2) is 5.82 Å². The Morgan fingerprint density at radius 2 is 2.26 bits per heavy atom. The van der Waals surface area contributed by atoms with Gasteiger partial charge in [-0.3, -0.25) is 14.7 Å². The molecule has 2 aromatic rings. The quantitative estimate of drug-likeness (QED) is 0.904. The van der Waals surface area contributed by atoms with E-state index in [0.29, 0.717) is 17.4 Å². The third-order valence-corrected chi connectivity index (χ3v) is 3.94. The van der Waals surface area contributed by atoms with E-state index in [9.17, 15) is 4.79 Å². The van der Waals surface area contributed by atoms with Gasteiger partial charge in [0.2, 0.25) is 5.89 Å². The Hall–Kier alpha value is -2.35. The summed E-state index contributed by atoms with van der Waals surface area (Å²) in [5, 5.41) is 6.99. The lowest BCUT2D eigenvalue weighted by molar-refractivity contribution is 0.0933. The van der Waals surface area contributed by atoms with Crippen LogP contribution in [0.25, 0.3) is 0 Å². The average molecular weight is 316 g/mol. The molecule has 23 heavy (non-hydrogen) atoms. The van der Waals surface area contributed by atoms with Crippen LogP contribution in [0.3, 0.4) is 0 Å². The fourth-order valence-electron chi connectivity index (χ4n) is 2.69. The van der Waals surface area contributed by atoms with Crippen LogP contribution in [0.15, 0.2) is 23.1 Å². The van der Waals surface area contributed by atoms with Gasteiger partial charge in [0.1, 0.15) is 5.69 Å². The molecule has 1 N–H and O–H groups in total. The molecule has 0 radical (unpaired) electrons. The summed E-state index contributed by atoms with van der Waals surface area (Å²) >= 11 is 0. The number of carbonyl (C=O) groups excluding carboxylic acids is 1. The van der Waals surface area contributed by atoms with Crippen LogP contribution in [0.2, 0.25) is 0 Å². The van der Waals surface area contributed by atoms with Gasteiger partial charge in [0.25, 0.3) is 5.91 Å². The molecular weight excluding hydrogens is 296 g/mol. The molecule has 1 saturated heterocycles. The lowest BCUT2D eigenvalue weighted by Crippen LogP contribution is -2.36. The Kier molecular flexibility index (Phi) is 4.33. The summed E-state index contributed by atoms with van der Waals surface area (Å²) in [5.41, 5.74) is 0.318. The highest BCUT2D eigenvalue weighted by molar-refractivity contribution is 5.92. The lowest BCUT2D eigenvalue weighted by atomic mass is 10.1. The van der Waals surface area contributed by atoms with Gasteiger partial charge < -0.3 is 9.84 Å². The van der Waals surface area contributed by atoms with Crippen molar-refractivity contribution in [1.82, 2.24) is 30.3 Å². The summed E-state index contributed by atoms with van der Waals surface area (Å²) in [6.07, 6.45) is 5.23. The molecule has 2 atom stereocenters. The number of hydrogen-bond acceptors (Lipinski definition) is 7. The molecule has 0 aromatic carbocycles. The second-order valence-electron chi connectivity index (χ2n) is 6.10. The molecular formula is C15H20N6O2. The van der Waals surface area contributed by atoms with Crippen LogP contribution in [-0.4, -0.2) is 50.5 Å². The number of amides is 1. The van der Waals surface area contributed by atoms with Crippen LogP contribution in [-0.2, 0) is 0 Å². The fourth-order valence-corrected chi connectivity index (χ4v) is 2.69. The zero-order valence-corrected chi connectivity index (χ0v) is 13.4. The number of aromatic nitrogens is 4. The van der Waals surface area contributed by atoms with Crippen molar-refractivity contribution in [3.8, 4) is 0 Å². The predicted molar refractivity (Wildman–Crippen MR) is 81.7 cm³/mol. The topological polar surface area (TPSA) is 97.0 Å². The fraction of sp³-hybridized carbons (Fsp3) is 0.533. The zero-order chi connectivity index (χ0) is 16.4. The normalized spacial score (nSPS) is 21.7. The largest absolute Gasteiger partial charge is 0.347 e. The first-order chi connectivity index (χ1) is 11.0. The second-order valence-corrected chi connectivity index (χ2v) is 6.10. The number of nitrogens with one attached hydrogen (secondary N) is 1. The highest BCUT2D eigenvalue weighted by Gasteiger charge is 2.35. The van der Waals surface area contributed by atoms with Crippen molar-refractivity contribution in [3.63, 3.8) is 0 Å². The zero-order valence-electron chi connectivity index (χ0n) is 13.4. The van der Waals surface area contributed by atoms with Crippen LogP contribution in [0.4, 0.5) is 0 Å². The monoisotopic (exact) mass is 316 g/mol. The Bertz CT molecular complexity index is 672. The first-order valence-electron chi connectivity index (χ1n) is 7.65. The van der Waals surface area contributed by atoms with Gasteiger partial charge in [0, 0.05) is 30.9 Å². The van der Waals surface area contributed by atoms with Gasteiger partial charge in [-0.25, -0.2) is 4.98 Å². The van der Waals surface area contributed by atoms with Crippen molar-refractivity contribution in [2.24, 2.45) is 0 Å². The highest BCUT2D eigenvalue weighted by Crippen LogP contribution is 2.30. The number of rotatable bonds is 4. The van der Waals surface area contributed by atoms with E-state index >= 15 is 0 Å². The molecule has 0 bridgehead atoms. The minimum absolute atomic E-state index is 0.00825. The van der Waals surface area contributed by atoms with E-state index in [0.717, 1.165) is 13.0 Å². The molecule has 0 unspecified atom stereocenters. The van der Waals surface area contributed by atoms with Crippen LogP contribution >= 0.6 is 0 Å². The average Bonchev–Trinajstić information content (AvgIpc) is 3.15. The Morgan fingerprint density at radius 1 is 1.43 bits per heavy atom. The van der Waals surface area contributed by atoms with E-state index < -0.39 is 0 Å². The molecule has 8 nitrogen and oxygen atoms in total. The summed E-state index contributed by atoms with van der Waals surface area (Å²) in [6.45, 7) is 4.77. The minimum atomic E-state index is -0.217. The van der Waals surface area contributed by atoms with Crippen molar-refractivity contribution in [2.75, 3.05) is 13.6 Å². The van der Waals surface area contributed by atoms with Gasteiger partial charge >= 0.3 is 0 Å². The number of hydrogen-bond donors (Lipinski definition) is 1. The smallest absolute Gasteiger partial charge is 0.271 e. The molecule has 8 heteroatoms. The van der Waals surface area contributed by atoms with E-state index in [1.54, 1.807) is 0 Å². The standard InChI is InChI=1S/C15H20N6O2/c1-9(2)13-19-15(23-20-13)12-6-10(8-21(12)3)18-14(22)11-7-16-4-5-17-11/h4-5,7,9-10,12H,6,8H2,1-3H3,(H,18,22)/t10-,12+/m0/s1. The van der Waals surface area contributed by atoms with Crippen LogP contribution in [0.1, 0.15) is 54.4 Å². The predicted octanol–water partition coefficient (Wildman–Crippen LogP) is 1.16. The molecule has 3 heterocycles. The third-order valence-electron chi connectivity index (χ3n) is 3.94. The first kappa shape index (κ1) is 15.5. The van der Waals surface area contributed by atoms with Crippen molar-refractivity contribution in [1.29, 1.82) is 0 Å². The van der Waals surface area contributed by atoms with Crippen LogP contribution in [0, 0.1) is 0 Å². The van der Waals surface area contributed by atoms with E-state index in [-0.39, 0.29) is 23.9 Å². The maximum atomic E-state index is 12.2. The van der Waals surface area contributed by atoms with Crippen molar-refractivity contribution in [3.05, 3.63) is 36.0 Å². The number of nitrogens with zero attached hydrogens (tertiary/aromatic N) is 5. The van der Waals surface area contributed by atoms with Gasteiger partial charge in [-0.1, -0.05) is 19.0 Å². The molecule has 0 spiro atoms. The van der Waals surface area contributed by atoms with E-state index in [2.05, 4.69) is 30.3 Å². The molecule has 2 aromatic heterocycles. The Labute approximate surface area is 134 Å². The van der Waals surface area contributed by atoms with Crippen molar-refractivity contribution >= 4 is 5.91 Å². The Morgan fingerprint density at radius 3 is 2.91 bits per heavy atom. The summed E-state index contributed by atoms with van der Waals surface area (Å²) < 4.78 is 5.38. The summed E-state index contributed by atoms with van der Waals surface area (Å²) in [6, 6.07) is 0.0241. The summed E-state index contributed by atoms with van der Waals surface area (Å²) in [5.74, 6) is 1.32. The molecule has 1 fully saturated rings. The second kappa shape index (κ2) is 6.41. The molecule has 1 aliphatic rings. The summed E-state index contributed by atoms with van der Waals surface area (Å²) in [4.78, 5) is 26.7. The van der Waals surface area contributed by atoms with Crippen molar-refractivity contribution < 1.29 is 9.32 Å².